The topological polar surface area (TPSA) is 157 Å². The Kier molecular flexibility index (Phi) is 9.11. The summed E-state index contributed by atoms with van der Waals surface area (Å²) in [5.41, 5.74) is 21.4. The Hall–Kier alpha value is -1.22. The predicted octanol–water partition coefficient (Wildman–Crippen LogP) is -1.88. The average Bonchev–Trinajstić information content (AvgIpc) is 2.27. The van der Waals surface area contributed by atoms with E-state index in [9.17, 15) is 9.59 Å². The lowest BCUT2D eigenvalue weighted by Crippen LogP contribution is -2.31. The third-order valence-electron chi connectivity index (χ3n) is 2.00. The van der Waals surface area contributed by atoms with Gasteiger partial charge >= 0.3 is 11.9 Å². The van der Waals surface area contributed by atoms with Gasteiger partial charge in [-0.25, -0.2) is 0 Å². The van der Waals surface area contributed by atoms with Crippen molar-refractivity contribution in [1.82, 2.24) is 0 Å². The summed E-state index contributed by atoms with van der Waals surface area (Å²) >= 11 is 0. The molecule has 0 amide bonds. The van der Waals surface area contributed by atoms with Crippen LogP contribution in [0.15, 0.2) is 0 Å². The van der Waals surface area contributed by atoms with Crippen LogP contribution in [0.25, 0.3) is 0 Å². The van der Waals surface area contributed by atoms with E-state index in [4.69, 9.17) is 32.4 Å². The molecule has 0 aromatic rings. The fourth-order valence-corrected chi connectivity index (χ4v) is 1.11. The second kappa shape index (κ2) is 9.77. The Morgan fingerprint density at radius 1 is 0.833 bits per heavy atom. The van der Waals surface area contributed by atoms with E-state index in [0.717, 1.165) is 0 Å². The minimum Gasteiger partial charge on any atom is -0.447 e. The molecule has 0 radical (unpaired) electrons. The Morgan fingerprint density at radius 2 is 1.17 bits per heavy atom. The van der Waals surface area contributed by atoms with Gasteiger partial charge in [0, 0.05) is 12.8 Å². The van der Waals surface area contributed by atoms with Gasteiger partial charge in [0.2, 0.25) is 0 Å². The van der Waals surface area contributed by atoms with Crippen LogP contribution in [-0.4, -0.2) is 37.5 Å². The van der Waals surface area contributed by atoms with Crippen LogP contribution in [0.4, 0.5) is 0 Å². The van der Waals surface area contributed by atoms with E-state index >= 15 is 0 Å². The van der Waals surface area contributed by atoms with Crippen LogP contribution < -0.4 is 22.9 Å². The Labute approximate surface area is 106 Å². The van der Waals surface area contributed by atoms with Crippen molar-refractivity contribution in [2.24, 2.45) is 22.9 Å². The number of rotatable bonds is 9. The lowest BCUT2D eigenvalue weighted by atomic mass is 10.3. The van der Waals surface area contributed by atoms with Gasteiger partial charge in [-0.3, -0.25) is 21.1 Å². The highest BCUT2D eigenvalue weighted by atomic mass is 16.6. The van der Waals surface area contributed by atoms with E-state index in [1.165, 1.54) is 0 Å². The van der Waals surface area contributed by atoms with Crippen molar-refractivity contribution in [2.45, 2.75) is 38.1 Å². The lowest BCUT2D eigenvalue weighted by molar-refractivity contribution is -0.156. The molecule has 0 spiro atoms. The highest BCUT2D eigenvalue weighted by molar-refractivity contribution is 5.77. The number of ether oxygens (including phenoxy) is 2. The van der Waals surface area contributed by atoms with E-state index in [0.29, 0.717) is 25.9 Å². The smallest absolute Gasteiger partial charge is 0.307 e. The van der Waals surface area contributed by atoms with E-state index < -0.39 is 24.4 Å². The zero-order chi connectivity index (χ0) is 14.0. The first-order valence-electron chi connectivity index (χ1n) is 5.79. The fourth-order valence-electron chi connectivity index (χ4n) is 1.11. The predicted molar refractivity (Wildman–Crippen MR) is 64.7 cm³/mol. The normalized spacial score (nSPS) is 13.8. The van der Waals surface area contributed by atoms with Crippen LogP contribution in [0.2, 0.25) is 0 Å². The van der Waals surface area contributed by atoms with Crippen LogP contribution in [0.3, 0.4) is 0 Å². The zero-order valence-corrected chi connectivity index (χ0v) is 10.3. The van der Waals surface area contributed by atoms with E-state index in [1.54, 1.807) is 0 Å². The molecule has 8 nitrogen and oxygen atoms in total. The monoisotopic (exact) mass is 262 g/mol. The standard InChI is InChI=1S/C10H22N4O4/c11-5-3-7(13)17-9(15)1-2-10(16)18-8(14)4-6-12/h7-8H,1-6,11-14H2. The minimum atomic E-state index is -0.738. The molecule has 0 bridgehead atoms. The quantitative estimate of drug-likeness (QED) is 0.278. The summed E-state index contributed by atoms with van der Waals surface area (Å²) in [6.07, 6.45) is -0.940. The summed E-state index contributed by atoms with van der Waals surface area (Å²) in [7, 11) is 0. The van der Waals surface area contributed by atoms with E-state index in [2.05, 4.69) is 0 Å². The van der Waals surface area contributed by atoms with Crippen LogP contribution in [0.5, 0.6) is 0 Å². The number of hydrogen-bond donors (Lipinski definition) is 4. The fraction of sp³-hybridized carbons (Fsp3) is 0.800. The van der Waals surface area contributed by atoms with Crippen LogP contribution in [-0.2, 0) is 19.1 Å². The maximum absolute atomic E-state index is 11.2. The Balaban J connectivity index is 3.74. The molecule has 18 heavy (non-hydrogen) atoms. The summed E-state index contributed by atoms with van der Waals surface area (Å²) in [5.74, 6) is -1.14. The summed E-state index contributed by atoms with van der Waals surface area (Å²) in [6.45, 7) is 0.648. The molecule has 106 valence electrons. The molecule has 2 unspecified atom stereocenters. The first-order valence-corrected chi connectivity index (χ1v) is 5.79. The van der Waals surface area contributed by atoms with Crippen molar-refractivity contribution in [3.8, 4) is 0 Å². The van der Waals surface area contributed by atoms with Crippen molar-refractivity contribution in [3.63, 3.8) is 0 Å². The van der Waals surface area contributed by atoms with Crippen LogP contribution >= 0.6 is 0 Å². The van der Waals surface area contributed by atoms with Crippen LogP contribution in [0, 0.1) is 0 Å². The molecule has 0 aliphatic carbocycles. The van der Waals surface area contributed by atoms with Crippen molar-refractivity contribution >= 4 is 11.9 Å². The van der Waals surface area contributed by atoms with E-state index in [1.807, 2.05) is 0 Å². The molecule has 0 heterocycles. The molecule has 0 saturated carbocycles. The van der Waals surface area contributed by atoms with Gasteiger partial charge in [-0.2, -0.15) is 0 Å². The minimum absolute atomic E-state index is 0.105. The summed E-state index contributed by atoms with van der Waals surface area (Å²) in [5, 5.41) is 0. The summed E-state index contributed by atoms with van der Waals surface area (Å²) in [6, 6.07) is 0. The molecular formula is C10H22N4O4. The van der Waals surface area contributed by atoms with Gasteiger partial charge in [0.1, 0.15) is 0 Å². The zero-order valence-electron chi connectivity index (χ0n) is 10.3. The second-order valence-corrected chi connectivity index (χ2v) is 3.71. The van der Waals surface area contributed by atoms with Gasteiger partial charge in [0.25, 0.3) is 0 Å². The molecule has 0 aromatic heterocycles. The molecule has 0 aliphatic rings. The maximum atomic E-state index is 11.2. The molecule has 0 aliphatic heterocycles. The second-order valence-electron chi connectivity index (χ2n) is 3.71. The van der Waals surface area contributed by atoms with Crippen molar-refractivity contribution in [2.75, 3.05) is 13.1 Å². The third kappa shape index (κ3) is 8.88. The van der Waals surface area contributed by atoms with Gasteiger partial charge in [-0.1, -0.05) is 0 Å². The Morgan fingerprint density at radius 3 is 1.44 bits per heavy atom. The number of nitrogens with two attached hydrogens (primary N) is 4. The molecule has 8 heteroatoms. The third-order valence-corrected chi connectivity index (χ3v) is 2.00. The number of hydrogen-bond acceptors (Lipinski definition) is 8. The molecule has 0 rings (SSSR count). The molecule has 0 saturated heterocycles. The Bertz CT molecular complexity index is 236. The highest BCUT2D eigenvalue weighted by Crippen LogP contribution is 2.00. The van der Waals surface area contributed by atoms with Crippen molar-refractivity contribution in [3.05, 3.63) is 0 Å². The van der Waals surface area contributed by atoms with Gasteiger partial charge in [0.05, 0.1) is 12.8 Å². The molecule has 8 N–H and O–H groups in total. The SMILES string of the molecule is NCCC(N)OC(=O)CCC(=O)OC(N)CCN. The van der Waals surface area contributed by atoms with E-state index in [-0.39, 0.29) is 12.8 Å². The summed E-state index contributed by atoms with van der Waals surface area (Å²) in [4.78, 5) is 22.5. The molecular weight excluding hydrogens is 240 g/mol. The number of carbonyl (C=O) groups is 2. The first kappa shape index (κ1) is 16.8. The van der Waals surface area contributed by atoms with Crippen LogP contribution in [0.1, 0.15) is 25.7 Å². The largest absolute Gasteiger partial charge is 0.447 e. The molecule has 0 fully saturated rings. The maximum Gasteiger partial charge on any atom is 0.307 e. The summed E-state index contributed by atoms with van der Waals surface area (Å²) < 4.78 is 9.59. The lowest BCUT2D eigenvalue weighted by Gasteiger charge is -2.13. The van der Waals surface area contributed by atoms with Gasteiger partial charge < -0.3 is 20.9 Å². The van der Waals surface area contributed by atoms with Gasteiger partial charge in [-0.15, -0.1) is 0 Å². The van der Waals surface area contributed by atoms with Crippen molar-refractivity contribution < 1.29 is 19.1 Å². The first-order chi connectivity index (χ1) is 8.49. The van der Waals surface area contributed by atoms with Gasteiger partial charge in [0.15, 0.2) is 12.5 Å². The number of esters is 2. The molecule has 2 atom stereocenters. The average molecular weight is 262 g/mol. The number of carbonyl (C=O) groups excluding carboxylic acids is 2. The molecule has 0 aromatic carbocycles. The van der Waals surface area contributed by atoms with Gasteiger partial charge in [-0.05, 0) is 13.1 Å². The highest BCUT2D eigenvalue weighted by Gasteiger charge is 2.14. The van der Waals surface area contributed by atoms with Crippen molar-refractivity contribution in [1.29, 1.82) is 0 Å².